The van der Waals surface area contributed by atoms with Gasteiger partial charge in [-0.05, 0) is 12.8 Å². The minimum atomic E-state index is -7.62. The molecule has 0 saturated carbocycles. The number of halogens is 10. The van der Waals surface area contributed by atoms with Gasteiger partial charge in [0.05, 0.1) is 13.6 Å². The number of rotatable bonds is 9. The molecule has 0 N–H and O–H groups in total. The number of hydrogen-bond acceptors (Lipinski definition) is 4. The van der Waals surface area contributed by atoms with Crippen LogP contribution in [0, 0.1) is 0 Å². The molecule has 0 aliphatic carbocycles. The molecular weight excluding hydrogens is 528 g/mol. The van der Waals surface area contributed by atoms with Gasteiger partial charge in [-0.1, -0.05) is 19.8 Å². The molecule has 1 rings (SSSR count). The van der Waals surface area contributed by atoms with Gasteiger partial charge in [0.25, 0.3) is 0 Å². The Bertz CT molecular complexity index is 916. The first kappa shape index (κ1) is 31.4. The molecule has 0 aliphatic heterocycles. The van der Waals surface area contributed by atoms with Crippen molar-refractivity contribution in [3.8, 4) is 0 Å². The van der Waals surface area contributed by atoms with Crippen LogP contribution in [-0.2, 0) is 33.6 Å². The summed E-state index contributed by atoms with van der Waals surface area (Å²) in [5, 5.41) is -14.0. The number of nitrogens with zero attached hydrogens (tertiary/aromatic N) is 3. The second-order valence-corrected chi connectivity index (χ2v) is 9.95. The van der Waals surface area contributed by atoms with Gasteiger partial charge in [-0.2, -0.15) is 43.9 Å². The van der Waals surface area contributed by atoms with Gasteiger partial charge in [0, 0.05) is 0 Å². The topological polar surface area (TPSA) is 91.2 Å². The molecule has 0 aromatic carbocycles. The second kappa shape index (κ2) is 10.7. The lowest BCUT2D eigenvalue weighted by Gasteiger charge is -2.31. The Labute approximate surface area is 182 Å². The fourth-order valence-electron chi connectivity index (χ4n) is 1.87. The third-order valence-electron chi connectivity index (χ3n) is 3.60. The maximum Gasteiger partial charge on any atom is 0.467 e. The molecule has 7 nitrogen and oxygen atoms in total. The molecule has 196 valence electrons. The van der Waals surface area contributed by atoms with E-state index < -0.39 is 42.9 Å². The maximum absolute atomic E-state index is 12.3. The number of alkyl halides is 10. The Hall–Kier alpha value is -1.63. The van der Waals surface area contributed by atoms with Crippen LogP contribution in [0.3, 0.4) is 0 Å². The Morgan fingerprint density at radius 1 is 0.788 bits per heavy atom. The summed E-state index contributed by atoms with van der Waals surface area (Å²) < 4.78 is 165. The molecular formula is C14H19F10N3O4S2. The summed E-state index contributed by atoms with van der Waals surface area (Å²) in [7, 11) is -13.2. The van der Waals surface area contributed by atoms with E-state index in [4.69, 9.17) is 0 Å². The van der Waals surface area contributed by atoms with Crippen LogP contribution in [0.5, 0.6) is 0 Å². The average Bonchev–Trinajstić information content (AvgIpc) is 3.01. The molecule has 0 fully saturated rings. The summed E-state index contributed by atoms with van der Waals surface area (Å²) >= 11 is 0. The first-order valence-corrected chi connectivity index (χ1v) is 11.5. The van der Waals surface area contributed by atoms with Gasteiger partial charge in [-0.3, -0.25) is 0 Å². The second-order valence-electron chi connectivity index (χ2n) is 6.43. The Kier molecular flexibility index (Phi) is 10.2. The van der Waals surface area contributed by atoms with E-state index in [2.05, 4.69) is 41.8 Å². The van der Waals surface area contributed by atoms with E-state index in [0.717, 1.165) is 0 Å². The molecule has 0 aliphatic rings. The third-order valence-corrected chi connectivity index (χ3v) is 6.93. The van der Waals surface area contributed by atoms with Gasteiger partial charge in [0.15, 0.2) is 20.0 Å². The number of sulfonamides is 2. The lowest BCUT2D eigenvalue weighted by Crippen LogP contribution is -2.48. The Morgan fingerprint density at radius 3 is 1.52 bits per heavy atom. The number of imidazole rings is 1. The molecule has 0 radical (unpaired) electrons. The van der Waals surface area contributed by atoms with Gasteiger partial charge in [-0.15, -0.1) is 0 Å². The van der Waals surface area contributed by atoms with Crippen LogP contribution < -0.4 is 4.57 Å². The lowest BCUT2D eigenvalue weighted by molar-refractivity contribution is -0.671. The van der Waals surface area contributed by atoms with Crippen molar-refractivity contribution in [3.05, 3.63) is 22.8 Å². The van der Waals surface area contributed by atoms with E-state index in [9.17, 15) is 60.7 Å². The van der Waals surface area contributed by atoms with E-state index in [1.54, 1.807) is 0 Å². The van der Waals surface area contributed by atoms with E-state index in [1.807, 2.05) is 0 Å². The zero-order valence-corrected chi connectivity index (χ0v) is 18.5. The van der Waals surface area contributed by atoms with Crippen LogP contribution in [0.15, 0.2) is 18.7 Å². The van der Waals surface area contributed by atoms with E-state index >= 15 is 0 Å². The van der Waals surface area contributed by atoms with Crippen molar-refractivity contribution in [2.45, 2.75) is 62.0 Å². The minimum Gasteiger partial charge on any atom is -0.425 e. The fourth-order valence-corrected chi connectivity index (χ4v) is 4.24. The van der Waals surface area contributed by atoms with Crippen molar-refractivity contribution in [1.82, 2.24) is 4.57 Å². The zero-order valence-electron chi connectivity index (χ0n) is 16.8. The van der Waals surface area contributed by atoms with E-state index in [-0.39, 0.29) is 0 Å². The van der Waals surface area contributed by atoms with Gasteiger partial charge < -0.3 is 4.13 Å². The predicted molar refractivity (Wildman–Crippen MR) is 93.0 cm³/mol. The zero-order chi connectivity index (χ0) is 26.5. The average molecular weight is 547 g/mol. The van der Waals surface area contributed by atoms with Crippen LogP contribution in [-0.4, -0.2) is 44.3 Å². The summed E-state index contributed by atoms with van der Waals surface area (Å²) in [4.78, 5) is 0. The number of aryl methyl sites for hydroxylation is 2. The number of aromatic nitrogens is 2. The molecule has 0 amide bonds. The van der Waals surface area contributed by atoms with Crippen LogP contribution in [0.25, 0.3) is 4.13 Å². The highest BCUT2D eigenvalue weighted by molar-refractivity contribution is 8.13. The van der Waals surface area contributed by atoms with E-state index in [0.29, 0.717) is 4.13 Å². The Morgan fingerprint density at radius 2 is 1.21 bits per heavy atom. The van der Waals surface area contributed by atoms with Crippen LogP contribution >= 0.6 is 0 Å². The summed E-state index contributed by atoms with van der Waals surface area (Å²) in [5.74, 6) is 0. The standard InChI is InChI=1S/C10H19N2.C4F10NO4S2/c1-3-4-5-6-7-12-9-8-11(2)10-12;5-1(6,7)3(11,12)20(16,17)15-21(18,19)4(13,14)2(8,9)10/h8-10H,3-7H2,1-2H3;/q+1;-1. The molecule has 1 heterocycles. The Balaban J connectivity index is 0.000000716. The number of unbranched alkanes of at least 4 members (excludes halogenated alkanes) is 3. The van der Waals surface area contributed by atoms with Gasteiger partial charge in [-0.25, -0.2) is 26.0 Å². The van der Waals surface area contributed by atoms with Crippen molar-refractivity contribution in [2.75, 3.05) is 0 Å². The highest BCUT2D eigenvalue weighted by Gasteiger charge is 2.68. The molecule has 1 aromatic rings. The molecule has 33 heavy (non-hydrogen) atoms. The first-order chi connectivity index (χ1) is 14.5. The van der Waals surface area contributed by atoms with Crippen molar-refractivity contribution >= 4 is 20.0 Å². The summed E-state index contributed by atoms with van der Waals surface area (Å²) in [6.45, 7) is 3.41. The minimum absolute atomic E-state index is 0.422. The van der Waals surface area contributed by atoms with Crippen molar-refractivity contribution < 1.29 is 65.3 Å². The summed E-state index contributed by atoms with van der Waals surface area (Å²) in [6, 6.07) is 0. The fraction of sp³-hybridized carbons (Fsp3) is 0.786. The highest BCUT2D eigenvalue weighted by Crippen LogP contribution is 2.47. The summed E-state index contributed by atoms with van der Waals surface area (Å²) in [5.41, 5.74) is 0. The van der Waals surface area contributed by atoms with Crippen LogP contribution in [0.4, 0.5) is 43.9 Å². The first-order valence-electron chi connectivity index (χ1n) is 8.67. The van der Waals surface area contributed by atoms with Gasteiger partial charge >= 0.3 is 22.9 Å². The lowest BCUT2D eigenvalue weighted by atomic mass is 10.2. The molecule has 0 unspecified atom stereocenters. The molecule has 0 bridgehead atoms. The largest absolute Gasteiger partial charge is 0.467 e. The monoisotopic (exact) mass is 547 g/mol. The summed E-state index contributed by atoms with van der Waals surface area (Å²) in [6.07, 6.45) is -2.30. The number of hydrogen-bond donors (Lipinski definition) is 0. The van der Waals surface area contributed by atoms with Crippen LogP contribution in [0.1, 0.15) is 32.6 Å². The normalized spacial score (nSPS) is 14.1. The smallest absolute Gasteiger partial charge is 0.425 e. The predicted octanol–water partition coefficient (Wildman–Crippen LogP) is 4.22. The molecule has 19 heteroatoms. The SMILES string of the molecule is CCCCCCn1cc[n+](C)c1.O=S(=O)([N-]S(=O)(=O)C(F)(F)C(F)(F)F)C(F)(F)C(F)(F)F. The molecule has 0 saturated heterocycles. The maximum atomic E-state index is 12.3. The van der Waals surface area contributed by atoms with E-state index in [1.165, 1.54) is 32.2 Å². The van der Waals surface area contributed by atoms with Crippen molar-refractivity contribution in [1.29, 1.82) is 0 Å². The third kappa shape index (κ3) is 7.97. The van der Waals surface area contributed by atoms with Gasteiger partial charge in [0.2, 0.25) is 6.33 Å². The molecule has 0 spiro atoms. The van der Waals surface area contributed by atoms with Crippen LogP contribution in [0.2, 0.25) is 0 Å². The molecule has 0 atom stereocenters. The van der Waals surface area contributed by atoms with Crippen molar-refractivity contribution in [3.63, 3.8) is 0 Å². The van der Waals surface area contributed by atoms with Crippen molar-refractivity contribution in [2.24, 2.45) is 7.05 Å². The van der Waals surface area contributed by atoms with Gasteiger partial charge in [0.1, 0.15) is 12.4 Å². The quantitative estimate of drug-likeness (QED) is 0.263. The highest BCUT2D eigenvalue weighted by atomic mass is 32.3. The molecule has 1 aromatic heterocycles.